The molecule has 2 aliphatic heterocycles. The molecule has 0 radical (unpaired) electrons. The molecule has 2 aromatic rings. The number of anilines is 2. The SMILES string of the molecule is CN1C(=C(C#N)C(=O)COC(=O)CN2C(=O)c3ccccc3C2=O)N(C)c2ccccc21. The fraction of sp³-hybridized carbons (Fsp3) is 0.174. The van der Waals surface area contributed by atoms with Gasteiger partial charge in [-0.1, -0.05) is 24.3 Å². The minimum absolute atomic E-state index is 0.167. The summed E-state index contributed by atoms with van der Waals surface area (Å²) in [5.74, 6) is -2.44. The van der Waals surface area contributed by atoms with Gasteiger partial charge in [0.05, 0.1) is 22.5 Å². The molecule has 2 heterocycles. The number of esters is 1. The Morgan fingerprint density at radius 1 is 0.906 bits per heavy atom. The Kier molecular flexibility index (Phi) is 5.20. The van der Waals surface area contributed by atoms with Crippen molar-refractivity contribution in [3.63, 3.8) is 0 Å². The van der Waals surface area contributed by atoms with Crippen LogP contribution in [0, 0.1) is 11.3 Å². The number of carbonyl (C=O) groups is 4. The first-order chi connectivity index (χ1) is 15.3. The monoisotopic (exact) mass is 430 g/mol. The Morgan fingerprint density at radius 3 is 1.91 bits per heavy atom. The Balaban J connectivity index is 1.44. The number of ketones is 1. The highest BCUT2D eigenvalue weighted by Crippen LogP contribution is 2.40. The van der Waals surface area contributed by atoms with Crippen molar-refractivity contribution < 1.29 is 23.9 Å². The van der Waals surface area contributed by atoms with Gasteiger partial charge in [-0.15, -0.1) is 0 Å². The van der Waals surface area contributed by atoms with Crippen LogP contribution in [0.4, 0.5) is 11.4 Å². The summed E-state index contributed by atoms with van der Waals surface area (Å²) in [6.45, 7) is -1.31. The molecule has 9 nitrogen and oxygen atoms in total. The van der Waals surface area contributed by atoms with Crippen LogP contribution in [0.2, 0.25) is 0 Å². The maximum atomic E-state index is 12.7. The summed E-state index contributed by atoms with van der Waals surface area (Å²) in [6, 6.07) is 15.6. The van der Waals surface area contributed by atoms with E-state index in [4.69, 9.17) is 4.74 Å². The predicted molar refractivity (Wildman–Crippen MR) is 114 cm³/mol. The molecule has 2 aliphatic rings. The van der Waals surface area contributed by atoms with Crippen LogP contribution in [-0.2, 0) is 14.3 Å². The zero-order valence-corrected chi connectivity index (χ0v) is 17.4. The lowest BCUT2D eigenvalue weighted by atomic mass is 10.1. The summed E-state index contributed by atoms with van der Waals surface area (Å²) in [5.41, 5.74) is 1.91. The number of carbonyl (C=O) groups excluding carboxylic acids is 4. The van der Waals surface area contributed by atoms with E-state index in [2.05, 4.69) is 0 Å². The van der Waals surface area contributed by atoms with Gasteiger partial charge in [0.15, 0.2) is 6.61 Å². The van der Waals surface area contributed by atoms with Gasteiger partial charge < -0.3 is 14.5 Å². The van der Waals surface area contributed by atoms with Crippen LogP contribution in [-0.4, -0.2) is 55.7 Å². The lowest BCUT2D eigenvalue weighted by Gasteiger charge is -2.20. The highest BCUT2D eigenvalue weighted by Gasteiger charge is 2.37. The highest BCUT2D eigenvalue weighted by atomic mass is 16.5. The van der Waals surface area contributed by atoms with Crippen LogP contribution in [0.3, 0.4) is 0 Å². The number of benzene rings is 2. The number of nitrogens with zero attached hydrogens (tertiary/aromatic N) is 4. The van der Waals surface area contributed by atoms with Crippen LogP contribution < -0.4 is 9.80 Å². The fourth-order valence-electron chi connectivity index (χ4n) is 3.83. The van der Waals surface area contributed by atoms with E-state index in [1.165, 1.54) is 12.1 Å². The minimum atomic E-state index is -0.924. The summed E-state index contributed by atoms with van der Waals surface area (Å²) in [7, 11) is 3.47. The number of imide groups is 1. The third-order valence-electron chi connectivity index (χ3n) is 5.38. The normalized spacial score (nSPS) is 14.3. The molecule has 0 unspecified atom stereocenters. The van der Waals surface area contributed by atoms with Crippen LogP contribution in [0.1, 0.15) is 20.7 Å². The molecule has 0 aromatic heterocycles. The molecule has 0 spiro atoms. The maximum Gasteiger partial charge on any atom is 0.326 e. The average molecular weight is 430 g/mol. The van der Waals surface area contributed by atoms with Crippen LogP contribution in [0.25, 0.3) is 0 Å². The van der Waals surface area contributed by atoms with Crippen LogP contribution in [0.15, 0.2) is 59.9 Å². The van der Waals surface area contributed by atoms with E-state index in [1.807, 2.05) is 30.3 Å². The molecular weight excluding hydrogens is 412 g/mol. The molecule has 0 saturated carbocycles. The predicted octanol–water partition coefficient (Wildman–Crippen LogP) is 1.72. The number of hydrogen-bond donors (Lipinski definition) is 0. The lowest BCUT2D eigenvalue weighted by molar-refractivity contribution is -0.147. The van der Waals surface area contributed by atoms with Gasteiger partial charge in [-0.3, -0.25) is 24.1 Å². The molecule has 160 valence electrons. The van der Waals surface area contributed by atoms with Crippen molar-refractivity contribution >= 4 is 34.9 Å². The van der Waals surface area contributed by atoms with E-state index >= 15 is 0 Å². The molecule has 4 rings (SSSR count). The summed E-state index contributed by atoms with van der Waals surface area (Å²) >= 11 is 0. The summed E-state index contributed by atoms with van der Waals surface area (Å²) < 4.78 is 4.99. The first-order valence-electron chi connectivity index (χ1n) is 9.70. The molecule has 0 aliphatic carbocycles. The third kappa shape index (κ3) is 3.28. The molecule has 2 amide bonds. The van der Waals surface area contributed by atoms with E-state index < -0.39 is 36.7 Å². The summed E-state index contributed by atoms with van der Waals surface area (Å²) in [6.07, 6.45) is 0. The van der Waals surface area contributed by atoms with Crippen molar-refractivity contribution in [2.24, 2.45) is 0 Å². The number of fused-ring (bicyclic) bond motifs is 2. The van der Waals surface area contributed by atoms with E-state index in [-0.39, 0.29) is 16.7 Å². The van der Waals surface area contributed by atoms with Crippen molar-refractivity contribution in [1.29, 1.82) is 5.26 Å². The van der Waals surface area contributed by atoms with Crippen LogP contribution in [0.5, 0.6) is 0 Å². The number of nitriles is 1. The van der Waals surface area contributed by atoms with Crippen molar-refractivity contribution in [2.45, 2.75) is 0 Å². The van der Waals surface area contributed by atoms with E-state index in [1.54, 1.807) is 36.0 Å². The first kappa shape index (κ1) is 20.8. The van der Waals surface area contributed by atoms with Gasteiger partial charge in [-0.2, -0.15) is 5.26 Å². The van der Waals surface area contributed by atoms with Crippen LogP contribution >= 0.6 is 0 Å². The second-order valence-electron chi connectivity index (χ2n) is 7.24. The third-order valence-corrected chi connectivity index (χ3v) is 5.38. The van der Waals surface area contributed by atoms with Crippen molar-refractivity contribution in [1.82, 2.24) is 4.90 Å². The second kappa shape index (κ2) is 8.00. The van der Waals surface area contributed by atoms with Gasteiger partial charge in [0, 0.05) is 14.1 Å². The number of Topliss-reactive ketones (excluding diaryl/α,β-unsaturated/α-hetero) is 1. The molecule has 9 heteroatoms. The standard InChI is InChI=1S/C23H18N4O5/c1-25-17-9-5-6-10-18(17)26(2)21(25)16(11-24)19(28)13-32-20(29)12-27-22(30)14-7-3-4-8-15(14)23(27)31/h3-10H,12-13H2,1-2H3. The Hall–Kier alpha value is -4.45. The number of ether oxygens (including phenoxy) is 1. The first-order valence-corrected chi connectivity index (χ1v) is 9.70. The van der Waals surface area contributed by atoms with Gasteiger partial charge in [0.1, 0.15) is 24.0 Å². The average Bonchev–Trinajstić information content (AvgIpc) is 3.19. The van der Waals surface area contributed by atoms with E-state index in [0.717, 1.165) is 16.3 Å². The molecule has 32 heavy (non-hydrogen) atoms. The molecule has 0 atom stereocenters. The Morgan fingerprint density at radius 2 is 1.41 bits per heavy atom. The van der Waals surface area contributed by atoms with Crippen molar-refractivity contribution in [3.05, 3.63) is 71.1 Å². The van der Waals surface area contributed by atoms with E-state index in [9.17, 15) is 24.4 Å². The van der Waals surface area contributed by atoms with Crippen molar-refractivity contribution in [3.8, 4) is 6.07 Å². The molecule has 0 fully saturated rings. The van der Waals surface area contributed by atoms with Gasteiger partial charge in [0.2, 0.25) is 5.78 Å². The summed E-state index contributed by atoms with van der Waals surface area (Å²) in [5, 5.41) is 9.62. The van der Waals surface area contributed by atoms with Gasteiger partial charge in [-0.25, -0.2) is 0 Å². The Bertz CT molecular complexity index is 1180. The highest BCUT2D eigenvalue weighted by molar-refractivity contribution is 6.22. The fourth-order valence-corrected chi connectivity index (χ4v) is 3.83. The zero-order valence-electron chi connectivity index (χ0n) is 17.4. The van der Waals surface area contributed by atoms with E-state index in [0.29, 0.717) is 5.82 Å². The molecule has 0 bridgehead atoms. The van der Waals surface area contributed by atoms with Gasteiger partial charge in [-0.05, 0) is 24.3 Å². The van der Waals surface area contributed by atoms with Gasteiger partial charge >= 0.3 is 5.97 Å². The number of hydrogen-bond acceptors (Lipinski definition) is 8. The number of rotatable bonds is 5. The maximum absolute atomic E-state index is 12.7. The topological polar surface area (TPSA) is 111 Å². The molecule has 2 aromatic carbocycles. The van der Waals surface area contributed by atoms with Crippen molar-refractivity contribution in [2.75, 3.05) is 37.0 Å². The number of amides is 2. The summed E-state index contributed by atoms with van der Waals surface area (Å²) in [4.78, 5) is 53.9. The molecule has 0 N–H and O–H groups in total. The zero-order chi connectivity index (χ0) is 23.0. The second-order valence-corrected chi connectivity index (χ2v) is 7.24. The molecule has 0 saturated heterocycles. The smallest absolute Gasteiger partial charge is 0.326 e. The molecular formula is C23H18N4O5. The largest absolute Gasteiger partial charge is 0.456 e. The lowest BCUT2D eigenvalue weighted by Crippen LogP contribution is -2.36. The Labute approximate surface area is 183 Å². The minimum Gasteiger partial charge on any atom is -0.456 e. The number of para-hydroxylation sites is 2. The van der Waals surface area contributed by atoms with Gasteiger partial charge in [0.25, 0.3) is 11.8 Å². The quantitative estimate of drug-likeness (QED) is 0.305.